The van der Waals surface area contributed by atoms with Crippen molar-refractivity contribution in [2.24, 2.45) is 0 Å². The number of benzene rings is 1. The summed E-state index contributed by atoms with van der Waals surface area (Å²) in [4.78, 5) is 13.8. The normalized spacial score (nSPS) is 11.2. The molecule has 0 radical (unpaired) electrons. The van der Waals surface area contributed by atoms with Crippen molar-refractivity contribution in [2.75, 3.05) is 13.7 Å². The van der Waals surface area contributed by atoms with Gasteiger partial charge in [0, 0.05) is 6.61 Å². The van der Waals surface area contributed by atoms with E-state index in [-0.39, 0.29) is 0 Å². The van der Waals surface area contributed by atoms with Gasteiger partial charge in [-0.25, -0.2) is 15.0 Å². The number of methoxy groups -OCH3 is 1. The van der Waals surface area contributed by atoms with Crippen LogP contribution < -0.4 is 4.74 Å². The summed E-state index contributed by atoms with van der Waals surface area (Å²) >= 11 is 0. The largest absolute Gasteiger partial charge is 0.497 e. The molecule has 1 aromatic carbocycles. The second-order valence-electron chi connectivity index (χ2n) is 6.00. The molecule has 0 fully saturated rings. The molecule has 4 aromatic rings. The van der Waals surface area contributed by atoms with Gasteiger partial charge in [0.25, 0.3) is 0 Å². The molecule has 0 atom stereocenters. The highest BCUT2D eigenvalue weighted by Gasteiger charge is 2.17. The summed E-state index contributed by atoms with van der Waals surface area (Å²) in [7, 11) is 1.66. The average molecular weight is 364 g/mol. The van der Waals surface area contributed by atoms with Crippen molar-refractivity contribution >= 4 is 11.2 Å². The van der Waals surface area contributed by atoms with Crippen molar-refractivity contribution in [1.29, 1.82) is 0 Å². The van der Waals surface area contributed by atoms with E-state index in [4.69, 9.17) is 13.9 Å². The summed E-state index contributed by atoms with van der Waals surface area (Å²) in [5, 5.41) is 0. The van der Waals surface area contributed by atoms with Gasteiger partial charge in [-0.1, -0.05) is 12.1 Å². The lowest BCUT2D eigenvalue weighted by atomic mass is 10.2. The van der Waals surface area contributed by atoms with E-state index >= 15 is 0 Å². The molecule has 0 aliphatic rings. The number of furan rings is 1. The smallest absolute Gasteiger partial charge is 0.164 e. The molecule has 0 aliphatic heterocycles. The molecule has 7 heteroatoms. The van der Waals surface area contributed by atoms with E-state index in [9.17, 15) is 0 Å². The second-order valence-corrected chi connectivity index (χ2v) is 6.00. The van der Waals surface area contributed by atoms with E-state index < -0.39 is 0 Å². The van der Waals surface area contributed by atoms with Crippen LogP contribution in [0.4, 0.5) is 0 Å². The van der Waals surface area contributed by atoms with Crippen LogP contribution in [0.15, 0.2) is 53.4 Å². The lowest BCUT2D eigenvalue weighted by molar-refractivity contribution is 0.128. The highest BCUT2D eigenvalue weighted by atomic mass is 16.5. The Labute approximate surface area is 156 Å². The molecule has 3 aromatic heterocycles. The third-order valence-electron chi connectivity index (χ3n) is 4.21. The molecule has 7 nitrogen and oxygen atoms in total. The van der Waals surface area contributed by atoms with Gasteiger partial charge in [0.05, 0.1) is 26.2 Å². The Morgan fingerprint density at radius 1 is 1.11 bits per heavy atom. The third-order valence-corrected chi connectivity index (χ3v) is 4.21. The Hall–Kier alpha value is -3.19. The van der Waals surface area contributed by atoms with Crippen LogP contribution in [-0.2, 0) is 17.9 Å². The fourth-order valence-electron chi connectivity index (χ4n) is 2.88. The molecular formula is C20H20N4O3. The molecule has 27 heavy (non-hydrogen) atoms. The summed E-state index contributed by atoms with van der Waals surface area (Å²) in [6.07, 6.45) is 3.40. The predicted molar refractivity (Wildman–Crippen MR) is 100 cm³/mol. The van der Waals surface area contributed by atoms with Gasteiger partial charge in [0.1, 0.15) is 23.6 Å². The molecular weight excluding hydrogens is 344 g/mol. The maximum Gasteiger partial charge on any atom is 0.164 e. The van der Waals surface area contributed by atoms with Crippen molar-refractivity contribution in [3.63, 3.8) is 0 Å². The van der Waals surface area contributed by atoms with Crippen molar-refractivity contribution in [1.82, 2.24) is 19.5 Å². The summed E-state index contributed by atoms with van der Waals surface area (Å²) in [6.45, 7) is 3.53. The molecule has 0 N–H and O–H groups in total. The standard InChI is InChI=1S/C20H20N4O3/c1-3-26-12-17-22-18(16-5-4-10-27-16)19-20(23-17)24(13-21-19)11-14-6-8-15(25-2)9-7-14/h4-10,13H,3,11-12H2,1-2H3. The van der Waals surface area contributed by atoms with Crippen LogP contribution in [-0.4, -0.2) is 33.2 Å². The molecule has 3 heterocycles. The van der Waals surface area contributed by atoms with Gasteiger partial charge >= 0.3 is 0 Å². The Morgan fingerprint density at radius 2 is 1.96 bits per heavy atom. The highest BCUT2D eigenvalue weighted by Crippen LogP contribution is 2.26. The van der Waals surface area contributed by atoms with E-state index in [0.29, 0.717) is 42.6 Å². The van der Waals surface area contributed by atoms with Crippen LogP contribution in [0.5, 0.6) is 5.75 Å². The molecule has 0 unspecified atom stereocenters. The first kappa shape index (κ1) is 17.2. The number of hydrogen-bond acceptors (Lipinski definition) is 6. The molecule has 0 bridgehead atoms. The van der Waals surface area contributed by atoms with Crippen molar-refractivity contribution in [3.05, 3.63) is 60.4 Å². The molecule has 4 rings (SSSR count). The van der Waals surface area contributed by atoms with Crippen LogP contribution in [0.3, 0.4) is 0 Å². The number of imidazole rings is 1. The summed E-state index contributed by atoms with van der Waals surface area (Å²) < 4.78 is 18.3. The topological polar surface area (TPSA) is 75.2 Å². The van der Waals surface area contributed by atoms with Gasteiger partial charge < -0.3 is 18.5 Å². The van der Waals surface area contributed by atoms with Gasteiger partial charge in [-0.2, -0.15) is 0 Å². The zero-order valence-electron chi connectivity index (χ0n) is 15.3. The van der Waals surface area contributed by atoms with Crippen LogP contribution in [0.1, 0.15) is 18.3 Å². The summed E-state index contributed by atoms with van der Waals surface area (Å²) in [6, 6.07) is 11.6. The Bertz CT molecular complexity index is 1020. The van der Waals surface area contributed by atoms with Gasteiger partial charge in [-0.05, 0) is 36.8 Å². The molecule has 0 amide bonds. The number of rotatable bonds is 7. The first-order chi connectivity index (χ1) is 13.3. The zero-order valence-corrected chi connectivity index (χ0v) is 15.3. The van der Waals surface area contributed by atoms with Gasteiger partial charge in [0.15, 0.2) is 17.2 Å². The predicted octanol–water partition coefficient (Wildman–Crippen LogP) is 3.68. The van der Waals surface area contributed by atoms with Crippen LogP contribution in [0.2, 0.25) is 0 Å². The molecule has 0 saturated carbocycles. The molecule has 0 aliphatic carbocycles. The lowest BCUT2D eigenvalue weighted by Gasteiger charge is -2.08. The quantitative estimate of drug-likeness (QED) is 0.498. The molecule has 0 spiro atoms. The maximum atomic E-state index is 5.55. The number of hydrogen-bond donors (Lipinski definition) is 0. The number of aromatic nitrogens is 4. The number of fused-ring (bicyclic) bond motifs is 1. The minimum absolute atomic E-state index is 0.341. The fourth-order valence-corrected chi connectivity index (χ4v) is 2.88. The van der Waals surface area contributed by atoms with Crippen LogP contribution in [0.25, 0.3) is 22.6 Å². The van der Waals surface area contributed by atoms with E-state index in [1.54, 1.807) is 19.7 Å². The van der Waals surface area contributed by atoms with E-state index in [1.807, 2.05) is 47.9 Å². The molecule has 138 valence electrons. The number of nitrogens with zero attached hydrogens (tertiary/aromatic N) is 4. The second kappa shape index (κ2) is 7.59. The van der Waals surface area contributed by atoms with Crippen LogP contribution >= 0.6 is 0 Å². The van der Waals surface area contributed by atoms with E-state index in [2.05, 4.69) is 15.0 Å². The van der Waals surface area contributed by atoms with Gasteiger partial charge in [0.2, 0.25) is 0 Å². The highest BCUT2D eigenvalue weighted by molar-refractivity contribution is 5.85. The summed E-state index contributed by atoms with van der Waals surface area (Å²) in [5.41, 5.74) is 3.26. The van der Waals surface area contributed by atoms with Crippen LogP contribution in [0, 0.1) is 0 Å². The minimum Gasteiger partial charge on any atom is -0.497 e. The SMILES string of the molecule is CCOCc1nc(-c2ccco2)c2ncn(Cc3ccc(OC)cc3)c2n1. The lowest BCUT2D eigenvalue weighted by Crippen LogP contribution is -2.05. The zero-order chi connectivity index (χ0) is 18.6. The Morgan fingerprint density at radius 3 is 2.67 bits per heavy atom. The van der Waals surface area contributed by atoms with Gasteiger partial charge in [-0.15, -0.1) is 0 Å². The monoisotopic (exact) mass is 364 g/mol. The summed E-state index contributed by atoms with van der Waals surface area (Å²) in [5.74, 6) is 2.10. The van der Waals surface area contributed by atoms with Crippen molar-refractivity contribution in [3.8, 4) is 17.2 Å². The minimum atomic E-state index is 0.341. The fraction of sp³-hybridized carbons (Fsp3) is 0.250. The van der Waals surface area contributed by atoms with Crippen molar-refractivity contribution < 1.29 is 13.9 Å². The Kier molecular flexibility index (Phi) is 4.84. The maximum absolute atomic E-state index is 5.55. The Balaban J connectivity index is 1.76. The van der Waals surface area contributed by atoms with E-state index in [1.165, 1.54) is 0 Å². The number of ether oxygens (including phenoxy) is 2. The van der Waals surface area contributed by atoms with Crippen molar-refractivity contribution in [2.45, 2.75) is 20.1 Å². The first-order valence-corrected chi connectivity index (χ1v) is 8.74. The van der Waals surface area contributed by atoms with E-state index in [0.717, 1.165) is 17.0 Å². The third kappa shape index (κ3) is 3.54. The van der Waals surface area contributed by atoms with Gasteiger partial charge in [-0.3, -0.25) is 0 Å². The molecule has 0 saturated heterocycles. The average Bonchev–Trinajstić information content (AvgIpc) is 3.37. The first-order valence-electron chi connectivity index (χ1n) is 8.74.